The van der Waals surface area contributed by atoms with Crippen LogP contribution in [0.2, 0.25) is 0 Å². The average molecular weight is 244 g/mol. The van der Waals surface area contributed by atoms with Gasteiger partial charge in [0.1, 0.15) is 0 Å². The number of amides is 1. The number of hydrogen-bond donors (Lipinski definition) is 2. The molecule has 1 amide bonds. The van der Waals surface area contributed by atoms with Gasteiger partial charge in [0.2, 0.25) is 5.91 Å². The van der Waals surface area contributed by atoms with E-state index in [2.05, 4.69) is 28.8 Å². The third-order valence-corrected chi connectivity index (χ3v) is 4.12. The van der Waals surface area contributed by atoms with E-state index < -0.39 is 0 Å². The molecule has 2 N–H and O–H groups in total. The van der Waals surface area contributed by atoms with E-state index in [1.807, 2.05) is 6.07 Å². The number of carbonyl (C=O) groups excluding carboxylic acids is 1. The van der Waals surface area contributed by atoms with Gasteiger partial charge < -0.3 is 10.6 Å². The number of carbonyl (C=O) groups is 1. The number of hydrogen-bond acceptors (Lipinski definition) is 2. The highest BCUT2D eigenvalue weighted by atomic mass is 16.1. The predicted molar refractivity (Wildman–Crippen MR) is 71.5 cm³/mol. The van der Waals surface area contributed by atoms with E-state index in [0.29, 0.717) is 5.92 Å². The molecule has 1 atom stereocenters. The van der Waals surface area contributed by atoms with E-state index >= 15 is 0 Å². The summed E-state index contributed by atoms with van der Waals surface area (Å²) in [6.07, 6.45) is 3.23. The SMILES string of the molecule is O=C(NCC1CNC1)C1CCCc2ccccc21. The third-order valence-electron chi connectivity index (χ3n) is 4.12. The second-order valence-electron chi connectivity index (χ2n) is 5.41. The maximum atomic E-state index is 12.3. The highest BCUT2D eigenvalue weighted by Crippen LogP contribution is 2.31. The molecule has 1 heterocycles. The second kappa shape index (κ2) is 5.11. The molecule has 0 radical (unpaired) electrons. The lowest BCUT2D eigenvalue weighted by molar-refractivity contribution is -0.123. The van der Waals surface area contributed by atoms with Crippen LogP contribution >= 0.6 is 0 Å². The molecule has 0 saturated carbocycles. The summed E-state index contributed by atoms with van der Waals surface area (Å²) in [5.74, 6) is 0.921. The Morgan fingerprint density at radius 3 is 2.94 bits per heavy atom. The van der Waals surface area contributed by atoms with Crippen LogP contribution in [0.4, 0.5) is 0 Å². The van der Waals surface area contributed by atoms with Gasteiger partial charge in [-0.05, 0) is 30.4 Å². The number of nitrogens with one attached hydrogen (secondary N) is 2. The van der Waals surface area contributed by atoms with Crippen LogP contribution in [0.1, 0.15) is 29.9 Å². The number of aryl methyl sites for hydroxylation is 1. The molecule has 0 spiro atoms. The van der Waals surface area contributed by atoms with Crippen molar-refractivity contribution in [2.24, 2.45) is 5.92 Å². The maximum Gasteiger partial charge on any atom is 0.227 e. The Labute approximate surface area is 108 Å². The van der Waals surface area contributed by atoms with Gasteiger partial charge in [0.05, 0.1) is 5.92 Å². The first kappa shape index (κ1) is 11.7. The van der Waals surface area contributed by atoms with Crippen molar-refractivity contribution >= 4 is 5.91 Å². The standard InChI is InChI=1S/C15H20N2O/c18-15(17-10-11-8-16-9-11)14-7-3-5-12-4-1-2-6-13(12)14/h1-2,4,6,11,14,16H,3,5,7-10H2,(H,17,18). The summed E-state index contributed by atoms with van der Waals surface area (Å²) < 4.78 is 0. The van der Waals surface area contributed by atoms with E-state index in [4.69, 9.17) is 0 Å². The van der Waals surface area contributed by atoms with Crippen LogP contribution in [0.3, 0.4) is 0 Å². The zero-order valence-corrected chi connectivity index (χ0v) is 10.6. The Morgan fingerprint density at radius 1 is 1.33 bits per heavy atom. The van der Waals surface area contributed by atoms with E-state index in [1.54, 1.807) is 0 Å². The van der Waals surface area contributed by atoms with Gasteiger partial charge in [-0.15, -0.1) is 0 Å². The minimum absolute atomic E-state index is 0.0722. The molecule has 1 aromatic rings. The van der Waals surface area contributed by atoms with E-state index in [0.717, 1.165) is 38.9 Å². The molecule has 3 heteroatoms. The molecule has 1 aliphatic heterocycles. The largest absolute Gasteiger partial charge is 0.355 e. The van der Waals surface area contributed by atoms with Crippen molar-refractivity contribution in [2.75, 3.05) is 19.6 Å². The Kier molecular flexibility index (Phi) is 3.33. The summed E-state index contributed by atoms with van der Waals surface area (Å²) in [4.78, 5) is 12.3. The van der Waals surface area contributed by atoms with Gasteiger partial charge in [0, 0.05) is 25.6 Å². The van der Waals surface area contributed by atoms with Crippen LogP contribution in [0, 0.1) is 5.92 Å². The molecular formula is C15H20N2O. The first-order valence-corrected chi connectivity index (χ1v) is 6.91. The molecule has 96 valence electrons. The van der Waals surface area contributed by atoms with E-state index in [9.17, 15) is 4.79 Å². The zero-order valence-electron chi connectivity index (χ0n) is 10.6. The summed E-state index contributed by atoms with van der Waals surface area (Å²) in [6, 6.07) is 8.38. The van der Waals surface area contributed by atoms with Gasteiger partial charge in [0.15, 0.2) is 0 Å². The van der Waals surface area contributed by atoms with Gasteiger partial charge >= 0.3 is 0 Å². The van der Waals surface area contributed by atoms with Crippen molar-refractivity contribution < 1.29 is 4.79 Å². The quantitative estimate of drug-likeness (QED) is 0.845. The lowest BCUT2D eigenvalue weighted by atomic mass is 9.82. The lowest BCUT2D eigenvalue weighted by Crippen LogP contribution is -2.48. The third kappa shape index (κ3) is 2.27. The summed E-state index contributed by atoms with van der Waals surface area (Å²) >= 11 is 0. The minimum Gasteiger partial charge on any atom is -0.355 e. The van der Waals surface area contributed by atoms with Gasteiger partial charge in [-0.2, -0.15) is 0 Å². The Bertz CT molecular complexity index is 440. The topological polar surface area (TPSA) is 41.1 Å². The molecule has 3 rings (SSSR count). The zero-order chi connectivity index (χ0) is 12.4. The van der Waals surface area contributed by atoms with Gasteiger partial charge in [-0.3, -0.25) is 4.79 Å². The molecular weight excluding hydrogens is 224 g/mol. The first-order valence-electron chi connectivity index (χ1n) is 6.91. The van der Waals surface area contributed by atoms with Gasteiger partial charge in [0.25, 0.3) is 0 Å². The lowest BCUT2D eigenvalue weighted by Gasteiger charge is -2.29. The molecule has 2 aliphatic rings. The Balaban J connectivity index is 1.66. The molecule has 1 aromatic carbocycles. The Hall–Kier alpha value is -1.35. The van der Waals surface area contributed by atoms with Crippen molar-refractivity contribution in [1.82, 2.24) is 10.6 Å². The highest BCUT2D eigenvalue weighted by Gasteiger charge is 2.27. The predicted octanol–water partition coefficient (Wildman–Crippen LogP) is 1.44. The smallest absolute Gasteiger partial charge is 0.227 e. The Morgan fingerprint density at radius 2 is 2.17 bits per heavy atom. The number of rotatable bonds is 3. The number of benzene rings is 1. The maximum absolute atomic E-state index is 12.3. The fraction of sp³-hybridized carbons (Fsp3) is 0.533. The average Bonchev–Trinajstić information content (AvgIpc) is 2.36. The molecule has 1 fully saturated rings. The van der Waals surface area contributed by atoms with Crippen molar-refractivity contribution in [2.45, 2.75) is 25.2 Å². The number of fused-ring (bicyclic) bond motifs is 1. The van der Waals surface area contributed by atoms with Crippen molar-refractivity contribution in [3.8, 4) is 0 Å². The van der Waals surface area contributed by atoms with Crippen LogP contribution < -0.4 is 10.6 Å². The molecule has 3 nitrogen and oxygen atoms in total. The summed E-state index contributed by atoms with van der Waals surface area (Å²) in [7, 11) is 0. The molecule has 1 unspecified atom stereocenters. The minimum atomic E-state index is 0.0722. The van der Waals surface area contributed by atoms with Gasteiger partial charge in [-0.25, -0.2) is 0 Å². The fourth-order valence-electron chi connectivity index (χ4n) is 2.89. The van der Waals surface area contributed by atoms with Crippen molar-refractivity contribution in [3.05, 3.63) is 35.4 Å². The van der Waals surface area contributed by atoms with Gasteiger partial charge in [-0.1, -0.05) is 24.3 Å². The van der Waals surface area contributed by atoms with E-state index in [-0.39, 0.29) is 11.8 Å². The highest BCUT2D eigenvalue weighted by molar-refractivity contribution is 5.84. The summed E-state index contributed by atoms with van der Waals surface area (Å²) in [5.41, 5.74) is 2.60. The summed E-state index contributed by atoms with van der Waals surface area (Å²) in [5, 5.41) is 6.35. The molecule has 0 aromatic heterocycles. The molecule has 1 aliphatic carbocycles. The van der Waals surface area contributed by atoms with Crippen LogP contribution in [-0.4, -0.2) is 25.5 Å². The molecule has 18 heavy (non-hydrogen) atoms. The van der Waals surface area contributed by atoms with Crippen molar-refractivity contribution in [3.63, 3.8) is 0 Å². The molecule has 1 saturated heterocycles. The second-order valence-corrected chi connectivity index (χ2v) is 5.41. The van der Waals surface area contributed by atoms with Crippen LogP contribution in [-0.2, 0) is 11.2 Å². The normalized spacial score (nSPS) is 23.0. The van der Waals surface area contributed by atoms with Crippen LogP contribution in [0.25, 0.3) is 0 Å². The fourth-order valence-corrected chi connectivity index (χ4v) is 2.89. The first-order chi connectivity index (χ1) is 8.84. The molecule has 0 bridgehead atoms. The van der Waals surface area contributed by atoms with Crippen LogP contribution in [0.15, 0.2) is 24.3 Å². The monoisotopic (exact) mass is 244 g/mol. The van der Waals surface area contributed by atoms with Crippen LogP contribution in [0.5, 0.6) is 0 Å². The van der Waals surface area contributed by atoms with E-state index in [1.165, 1.54) is 11.1 Å². The summed E-state index contributed by atoms with van der Waals surface area (Å²) in [6.45, 7) is 2.91. The van der Waals surface area contributed by atoms with Crippen molar-refractivity contribution in [1.29, 1.82) is 0 Å².